The van der Waals surface area contributed by atoms with Crippen LogP contribution in [0.2, 0.25) is 5.02 Å². The first-order valence-corrected chi connectivity index (χ1v) is 12.6. The Morgan fingerprint density at radius 1 is 1.00 bits per heavy atom. The minimum atomic E-state index is 0.528. The standard InChI is InChI=1S/C28H35ClN2O/c1-19-17-20(2)28(32-3)27-25(23-9-4-5-10-24(23)26(19)27)11-12-30-13-15-31(16-14-30)22-8-6-7-21(29)18-22/h6-8,17-18,25H,4-5,9-16H2,1-3H3. The number of ether oxygens (including phenoxy) is 1. The second kappa shape index (κ2) is 9.11. The minimum Gasteiger partial charge on any atom is -0.496 e. The number of fused-ring (bicyclic) bond motifs is 2. The van der Waals surface area contributed by atoms with E-state index in [0.29, 0.717) is 5.92 Å². The molecule has 0 amide bonds. The van der Waals surface area contributed by atoms with Crippen molar-refractivity contribution >= 4 is 22.9 Å². The molecule has 0 N–H and O–H groups in total. The molecule has 32 heavy (non-hydrogen) atoms. The molecule has 1 saturated heterocycles. The molecule has 1 atom stereocenters. The lowest BCUT2D eigenvalue weighted by atomic mass is 9.85. The van der Waals surface area contributed by atoms with E-state index in [1.807, 2.05) is 13.2 Å². The van der Waals surface area contributed by atoms with Crippen LogP contribution in [0.1, 0.15) is 60.3 Å². The average Bonchev–Trinajstić information content (AvgIpc) is 3.13. The maximum absolute atomic E-state index is 6.21. The summed E-state index contributed by atoms with van der Waals surface area (Å²) in [5.41, 5.74) is 10.4. The van der Waals surface area contributed by atoms with Gasteiger partial charge in [-0.2, -0.15) is 0 Å². The molecule has 0 saturated carbocycles. The van der Waals surface area contributed by atoms with E-state index < -0.39 is 0 Å². The van der Waals surface area contributed by atoms with Crippen molar-refractivity contribution in [3.05, 3.63) is 63.2 Å². The highest BCUT2D eigenvalue weighted by atomic mass is 35.5. The maximum atomic E-state index is 6.21. The Kier molecular flexibility index (Phi) is 6.22. The van der Waals surface area contributed by atoms with Gasteiger partial charge in [-0.25, -0.2) is 0 Å². The highest BCUT2D eigenvalue weighted by Crippen LogP contribution is 2.54. The lowest BCUT2D eigenvalue weighted by Gasteiger charge is -2.37. The SMILES string of the molecule is COc1c(C)cc(C)c2c1C(CCN1CCN(c3cccc(Cl)c3)CC1)C1=C2CCCC1. The molecule has 0 bridgehead atoms. The molecule has 1 fully saturated rings. The van der Waals surface area contributed by atoms with E-state index in [-0.39, 0.29) is 0 Å². The number of piperazine rings is 1. The summed E-state index contributed by atoms with van der Waals surface area (Å²) in [6.07, 6.45) is 6.36. The summed E-state index contributed by atoms with van der Waals surface area (Å²) in [5, 5.41) is 0.820. The number of benzene rings is 2. The zero-order valence-corrected chi connectivity index (χ0v) is 20.5. The van der Waals surface area contributed by atoms with Crippen molar-refractivity contribution < 1.29 is 4.74 Å². The summed E-state index contributed by atoms with van der Waals surface area (Å²) in [6.45, 7) is 10.0. The summed E-state index contributed by atoms with van der Waals surface area (Å²) in [5.74, 6) is 1.66. The van der Waals surface area contributed by atoms with Crippen LogP contribution in [-0.4, -0.2) is 44.7 Å². The Morgan fingerprint density at radius 3 is 2.53 bits per heavy atom. The van der Waals surface area contributed by atoms with Gasteiger partial charge in [0.15, 0.2) is 0 Å². The van der Waals surface area contributed by atoms with Crippen LogP contribution in [0.3, 0.4) is 0 Å². The number of hydrogen-bond acceptors (Lipinski definition) is 3. The predicted octanol–water partition coefficient (Wildman–Crippen LogP) is 6.60. The summed E-state index contributed by atoms with van der Waals surface area (Å²) in [7, 11) is 1.85. The van der Waals surface area contributed by atoms with Crippen molar-refractivity contribution in [1.82, 2.24) is 4.90 Å². The van der Waals surface area contributed by atoms with Crippen LogP contribution in [0.25, 0.3) is 5.57 Å². The quantitative estimate of drug-likeness (QED) is 0.510. The molecule has 2 aromatic rings. The summed E-state index contributed by atoms with van der Waals surface area (Å²) >= 11 is 6.21. The minimum absolute atomic E-state index is 0.528. The Hall–Kier alpha value is -1.97. The molecule has 170 valence electrons. The first-order chi connectivity index (χ1) is 15.6. The normalized spacial score (nSPS) is 21.0. The Bertz CT molecular complexity index is 1040. The molecule has 4 heteroatoms. The van der Waals surface area contributed by atoms with Crippen LogP contribution >= 0.6 is 11.6 Å². The van der Waals surface area contributed by atoms with Crippen molar-refractivity contribution in [3.63, 3.8) is 0 Å². The highest BCUT2D eigenvalue weighted by molar-refractivity contribution is 6.30. The Morgan fingerprint density at radius 2 is 1.78 bits per heavy atom. The second-order valence-corrected chi connectivity index (χ2v) is 10.1. The first-order valence-electron chi connectivity index (χ1n) is 12.2. The van der Waals surface area contributed by atoms with E-state index in [2.05, 4.69) is 47.9 Å². The van der Waals surface area contributed by atoms with E-state index in [1.165, 1.54) is 60.0 Å². The molecular formula is C28H35ClN2O. The third-order valence-electron chi connectivity index (χ3n) is 7.76. The maximum Gasteiger partial charge on any atom is 0.126 e. The van der Waals surface area contributed by atoms with Gasteiger partial charge in [-0.15, -0.1) is 0 Å². The van der Waals surface area contributed by atoms with E-state index in [1.54, 1.807) is 11.1 Å². The van der Waals surface area contributed by atoms with Gasteiger partial charge in [0.1, 0.15) is 5.75 Å². The van der Waals surface area contributed by atoms with Crippen molar-refractivity contribution in [3.8, 4) is 5.75 Å². The van der Waals surface area contributed by atoms with Crippen LogP contribution in [0, 0.1) is 13.8 Å². The van der Waals surface area contributed by atoms with Crippen molar-refractivity contribution in [1.29, 1.82) is 0 Å². The monoisotopic (exact) mass is 450 g/mol. The molecule has 3 aliphatic rings. The number of allylic oxidation sites excluding steroid dienone is 2. The van der Waals surface area contributed by atoms with E-state index >= 15 is 0 Å². The van der Waals surface area contributed by atoms with Crippen LogP contribution in [0.4, 0.5) is 5.69 Å². The number of anilines is 1. The predicted molar refractivity (Wildman–Crippen MR) is 135 cm³/mol. The van der Waals surface area contributed by atoms with Gasteiger partial charge in [-0.05, 0) is 93.0 Å². The van der Waals surface area contributed by atoms with Gasteiger partial charge in [0.05, 0.1) is 7.11 Å². The van der Waals surface area contributed by atoms with Gasteiger partial charge in [-0.3, -0.25) is 4.90 Å². The van der Waals surface area contributed by atoms with Gasteiger partial charge in [-0.1, -0.05) is 29.3 Å². The lowest BCUT2D eigenvalue weighted by Crippen LogP contribution is -2.46. The molecule has 2 aliphatic carbocycles. The highest BCUT2D eigenvalue weighted by Gasteiger charge is 2.36. The number of aryl methyl sites for hydroxylation is 2. The third kappa shape index (κ3) is 3.95. The van der Waals surface area contributed by atoms with Gasteiger partial charge in [0.25, 0.3) is 0 Å². The zero-order chi connectivity index (χ0) is 22.2. The van der Waals surface area contributed by atoms with E-state index in [0.717, 1.165) is 43.5 Å². The van der Waals surface area contributed by atoms with Crippen LogP contribution in [0.15, 0.2) is 35.9 Å². The van der Waals surface area contributed by atoms with Crippen LogP contribution in [-0.2, 0) is 0 Å². The fourth-order valence-corrected chi connectivity index (χ4v) is 6.50. The summed E-state index contributed by atoms with van der Waals surface area (Å²) in [4.78, 5) is 5.11. The molecule has 5 rings (SSSR count). The van der Waals surface area contributed by atoms with Crippen LogP contribution < -0.4 is 9.64 Å². The van der Waals surface area contributed by atoms with Crippen molar-refractivity contribution in [2.24, 2.45) is 0 Å². The molecule has 1 aliphatic heterocycles. The molecule has 3 nitrogen and oxygen atoms in total. The van der Waals surface area contributed by atoms with Crippen LogP contribution in [0.5, 0.6) is 5.75 Å². The fourth-order valence-electron chi connectivity index (χ4n) is 6.31. The number of rotatable bonds is 5. The lowest BCUT2D eigenvalue weighted by molar-refractivity contribution is 0.250. The smallest absolute Gasteiger partial charge is 0.126 e. The van der Waals surface area contributed by atoms with Gasteiger partial charge in [0, 0.05) is 48.4 Å². The zero-order valence-electron chi connectivity index (χ0n) is 19.7. The third-order valence-corrected chi connectivity index (χ3v) is 8.00. The largest absolute Gasteiger partial charge is 0.496 e. The molecule has 0 radical (unpaired) electrons. The topological polar surface area (TPSA) is 15.7 Å². The molecule has 2 aromatic carbocycles. The molecular weight excluding hydrogens is 416 g/mol. The second-order valence-electron chi connectivity index (χ2n) is 9.69. The van der Waals surface area contributed by atoms with Crippen molar-refractivity contribution in [2.45, 2.75) is 51.9 Å². The number of nitrogens with zero attached hydrogens (tertiary/aromatic N) is 2. The average molecular weight is 451 g/mol. The van der Waals surface area contributed by atoms with Crippen molar-refractivity contribution in [2.75, 3.05) is 44.7 Å². The fraction of sp³-hybridized carbons (Fsp3) is 0.500. The van der Waals surface area contributed by atoms with Gasteiger partial charge >= 0.3 is 0 Å². The van der Waals surface area contributed by atoms with E-state index in [9.17, 15) is 0 Å². The summed E-state index contributed by atoms with van der Waals surface area (Å²) < 4.78 is 5.99. The molecule has 0 aromatic heterocycles. The molecule has 1 heterocycles. The Balaban J connectivity index is 1.32. The molecule has 0 spiro atoms. The number of hydrogen-bond donors (Lipinski definition) is 0. The molecule has 1 unspecified atom stereocenters. The summed E-state index contributed by atoms with van der Waals surface area (Å²) in [6, 6.07) is 10.6. The van der Waals surface area contributed by atoms with E-state index in [4.69, 9.17) is 16.3 Å². The first kappa shape index (κ1) is 21.9. The number of halogens is 1. The Labute approximate surface area is 198 Å². The van der Waals surface area contributed by atoms with Gasteiger partial charge in [0.2, 0.25) is 0 Å². The van der Waals surface area contributed by atoms with Gasteiger partial charge < -0.3 is 9.64 Å². The number of methoxy groups -OCH3 is 1.